The molecule has 0 bridgehead atoms. The number of rotatable bonds is 5. The topological polar surface area (TPSA) is 110 Å². The van der Waals surface area contributed by atoms with E-state index in [4.69, 9.17) is 10.5 Å². The maximum atomic E-state index is 13.3. The molecule has 2 aliphatic rings. The summed E-state index contributed by atoms with van der Waals surface area (Å²) in [5.41, 5.74) is 8.10. The van der Waals surface area contributed by atoms with Crippen LogP contribution in [0.25, 0.3) is 10.2 Å². The standard InChI is InChI=1S/C27H25N5O3S/c28-19-8-4-5-9-20(19)30-25(33)24-23-22-21(14-15-29-26(22)36-24)32(27(34)31-23)16-10-12-18(13-11-16)35-17-6-2-1-3-7-17/h1-3,6-7,10-15,19-20H,4-5,8-9,28H2,(H,30,33)(H,31,34)/t19-,20-/m1/s1. The summed E-state index contributed by atoms with van der Waals surface area (Å²) in [6.07, 6.45) is 5.55. The Morgan fingerprint density at radius 3 is 2.58 bits per heavy atom. The van der Waals surface area contributed by atoms with Gasteiger partial charge in [0.15, 0.2) is 0 Å². The number of ether oxygens (including phenoxy) is 1. The summed E-state index contributed by atoms with van der Waals surface area (Å²) in [6, 6.07) is 18.2. The van der Waals surface area contributed by atoms with E-state index in [1.54, 1.807) is 17.2 Å². The fourth-order valence-corrected chi connectivity index (χ4v) is 5.88. The number of nitrogens with one attached hydrogen (secondary N) is 2. The first kappa shape index (κ1) is 22.5. The molecule has 36 heavy (non-hydrogen) atoms. The van der Waals surface area contributed by atoms with Gasteiger partial charge in [0.05, 0.1) is 22.4 Å². The lowest BCUT2D eigenvalue weighted by Crippen LogP contribution is -2.49. The molecule has 4 N–H and O–H groups in total. The van der Waals surface area contributed by atoms with Crippen molar-refractivity contribution in [3.63, 3.8) is 0 Å². The number of thiophene rings is 1. The van der Waals surface area contributed by atoms with Crippen LogP contribution in [0.2, 0.25) is 0 Å². The van der Waals surface area contributed by atoms with Crippen molar-refractivity contribution in [3.8, 4) is 11.5 Å². The monoisotopic (exact) mass is 499 g/mol. The van der Waals surface area contributed by atoms with Crippen LogP contribution >= 0.6 is 11.3 Å². The maximum Gasteiger partial charge on any atom is 0.331 e. The van der Waals surface area contributed by atoms with E-state index in [-0.39, 0.29) is 24.0 Å². The van der Waals surface area contributed by atoms with Gasteiger partial charge in [0.1, 0.15) is 21.2 Å². The van der Waals surface area contributed by atoms with Gasteiger partial charge in [-0.2, -0.15) is 0 Å². The van der Waals surface area contributed by atoms with Crippen molar-refractivity contribution in [1.29, 1.82) is 0 Å². The third-order valence-corrected chi connectivity index (χ3v) is 7.76. The van der Waals surface area contributed by atoms with Crippen LogP contribution in [0.3, 0.4) is 0 Å². The van der Waals surface area contributed by atoms with Gasteiger partial charge in [-0.05, 0) is 55.3 Å². The largest absolute Gasteiger partial charge is 0.457 e. The molecule has 3 heterocycles. The van der Waals surface area contributed by atoms with Gasteiger partial charge in [-0.3, -0.25) is 9.69 Å². The zero-order valence-electron chi connectivity index (χ0n) is 19.4. The first-order chi connectivity index (χ1) is 17.6. The fourth-order valence-electron chi connectivity index (χ4n) is 4.86. The van der Waals surface area contributed by atoms with Crippen LogP contribution in [0.15, 0.2) is 66.9 Å². The molecular weight excluding hydrogens is 474 g/mol. The Morgan fingerprint density at radius 1 is 1.06 bits per heavy atom. The van der Waals surface area contributed by atoms with E-state index in [0.717, 1.165) is 36.8 Å². The Bertz CT molecular complexity index is 1440. The third kappa shape index (κ3) is 4.06. The molecule has 4 aromatic rings. The van der Waals surface area contributed by atoms with Gasteiger partial charge in [0.2, 0.25) is 0 Å². The number of amides is 3. The van der Waals surface area contributed by atoms with Crippen molar-refractivity contribution in [2.24, 2.45) is 5.73 Å². The zero-order chi connectivity index (χ0) is 24.6. The number of nitrogens with zero attached hydrogens (tertiary/aromatic N) is 2. The lowest BCUT2D eigenvalue weighted by molar-refractivity contribution is 0.0926. The molecular formula is C27H25N5O3S. The van der Waals surface area contributed by atoms with Crippen LogP contribution in [-0.4, -0.2) is 29.0 Å². The van der Waals surface area contributed by atoms with E-state index < -0.39 is 0 Å². The number of carbonyl (C=O) groups is 2. The summed E-state index contributed by atoms with van der Waals surface area (Å²) >= 11 is 1.28. The molecule has 0 saturated heterocycles. The number of hydrogen-bond donors (Lipinski definition) is 3. The Balaban J connectivity index is 1.31. The van der Waals surface area contributed by atoms with E-state index in [2.05, 4.69) is 15.6 Å². The third-order valence-electron chi connectivity index (χ3n) is 6.66. The molecule has 1 saturated carbocycles. The summed E-state index contributed by atoms with van der Waals surface area (Å²) in [7, 11) is 0. The molecule has 0 radical (unpaired) electrons. The normalized spacial score (nSPS) is 19.1. The molecule has 8 nitrogen and oxygen atoms in total. The molecule has 2 atom stereocenters. The summed E-state index contributed by atoms with van der Waals surface area (Å²) < 4.78 is 5.88. The van der Waals surface area contributed by atoms with Crippen molar-refractivity contribution < 1.29 is 14.3 Å². The zero-order valence-corrected chi connectivity index (χ0v) is 20.3. The van der Waals surface area contributed by atoms with Crippen molar-refractivity contribution in [1.82, 2.24) is 10.3 Å². The Hall–Kier alpha value is -3.95. The van der Waals surface area contributed by atoms with Crippen LogP contribution in [0.5, 0.6) is 11.5 Å². The predicted molar refractivity (Wildman–Crippen MR) is 141 cm³/mol. The van der Waals surface area contributed by atoms with Crippen LogP contribution in [0, 0.1) is 0 Å². The quantitative estimate of drug-likeness (QED) is 0.323. The Morgan fingerprint density at radius 2 is 1.81 bits per heavy atom. The van der Waals surface area contributed by atoms with Gasteiger partial charge in [-0.15, -0.1) is 11.3 Å². The highest BCUT2D eigenvalue weighted by Gasteiger charge is 2.33. The van der Waals surface area contributed by atoms with E-state index in [1.807, 2.05) is 54.6 Å². The highest BCUT2D eigenvalue weighted by molar-refractivity contribution is 7.21. The SMILES string of the molecule is N[C@@H]1CCCC[C@H]1NC(=O)c1sc2nccc3c2c1NC(=O)N3c1ccc(Oc2ccccc2)cc1. The van der Waals surface area contributed by atoms with E-state index >= 15 is 0 Å². The lowest BCUT2D eigenvalue weighted by Gasteiger charge is -2.30. The predicted octanol–water partition coefficient (Wildman–Crippen LogP) is 5.77. The van der Waals surface area contributed by atoms with Gasteiger partial charge in [0.25, 0.3) is 5.91 Å². The number of benzene rings is 2. The fraction of sp³-hybridized carbons (Fsp3) is 0.222. The number of hydrogen-bond acceptors (Lipinski definition) is 6. The number of aromatic nitrogens is 1. The van der Waals surface area contributed by atoms with Gasteiger partial charge in [-0.25, -0.2) is 9.78 Å². The maximum absolute atomic E-state index is 13.3. The minimum absolute atomic E-state index is 0.0546. The molecule has 6 rings (SSSR count). The molecule has 0 spiro atoms. The van der Waals surface area contributed by atoms with Gasteiger partial charge >= 0.3 is 6.03 Å². The smallest absolute Gasteiger partial charge is 0.331 e. The van der Waals surface area contributed by atoms with Gasteiger partial charge < -0.3 is 21.1 Å². The van der Waals surface area contributed by atoms with E-state index in [0.29, 0.717) is 32.5 Å². The van der Waals surface area contributed by atoms with Gasteiger partial charge in [0, 0.05) is 18.3 Å². The molecule has 1 aliphatic heterocycles. The average molecular weight is 500 g/mol. The molecule has 3 amide bonds. The second kappa shape index (κ2) is 9.25. The Labute approximate surface area is 212 Å². The summed E-state index contributed by atoms with van der Waals surface area (Å²) in [4.78, 5) is 33.7. The summed E-state index contributed by atoms with van der Waals surface area (Å²) in [5, 5.41) is 6.78. The number of anilines is 3. The van der Waals surface area contributed by atoms with Crippen molar-refractivity contribution in [2.45, 2.75) is 37.8 Å². The number of pyridine rings is 1. The number of nitrogens with two attached hydrogens (primary N) is 1. The second-order valence-electron chi connectivity index (χ2n) is 9.02. The molecule has 1 aliphatic carbocycles. The Kier molecular flexibility index (Phi) is 5.79. The van der Waals surface area contributed by atoms with Crippen LogP contribution in [-0.2, 0) is 0 Å². The minimum atomic E-state index is -0.339. The number of para-hydroxylation sites is 1. The summed E-state index contributed by atoms with van der Waals surface area (Å²) in [5.74, 6) is 1.18. The van der Waals surface area contributed by atoms with Gasteiger partial charge in [-0.1, -0.05) is 31.0 Å². The highest BCUT2D eigenvalue weighted by atomic mass is 32.1. The average Bonchev–Trinajstić information content (AvgIpc) is 3.26. The molecule has 2 aromatic carbocycles. The van der Waals surface area contributed by atoms with Crippen LogP contribution in [0.4, 0.5) is 21.9 Å². The highest BCUT2D eigenvalue weighted by Crippen LogP contribution is 2.46. The van der Waals surface area contributed by atoms with Crippen LogP contribution < -0.4 is 26.0 Å². The molecule has 9 heteroatoms. The van der Waals surface area contributed by atoms with E-state index in [9.17, 15) is 9.59 Å². The molecule has 1 fully saturated rings. The number of carbonyl (C=O) groups excluding carboxylic acids is 2. The molecule has 2 aromatic heterocycles. The van der Waals surface area contributed by atoms with Crippen molar-refractivity contribution in [3.05, 3.63) is 71.7 Å². The molecule has 182 valence electrons. The second-order valence-corrected chi connectivity index (χ2v) is 10.0. The van der Waals surface area contributed by atoms with E-state index in [1.165, 1.54) is 11.3 Å². The van der Waals surface area contributed by atoms with Crippen molar-refractivity contribution in [2.75, 3.05) is 10.2 Å². The van der Waals surface area contributed by atoms with Crippen LogP contribution in [0.1, 0.15) is 35.4 Å². The first-order valence-electron chi connectivity index (χ1n) is 12.0. The summed E-state index contributed by atoms with van der Waals surface area (Å²) in [6.45, 7) is 0. The van der Waals surface area contributed by atoms with Crippen molar-refractivity contribution >= 4 is 50.6 Å². The molecule has 0 unspecified atom stereocenters. The minimum Gasteiger partial charge on any atom is -0.457 e. The lowest BCUT2D eigenvalue weighted by atomic mass is 9.91. The first-order valence-corrected chi connectivity index (χ1v) is 12.8. The number of urea groups is 1.